The number of aromatic nitrogens is 1. The highest BCUT2D eigenvalue weighted by atomic mass is 127. The van der Waals surface area contributed by atoms with Gasteiger partial charge in [0.1, 0.15) is 8.85 Å². The molecule has 3 heteroatoms. The van der Waals surface area contributed by atoms with Gasteiger partial charge in [0, 0.05) is 6.92 Å². The summed E-state index contributed by atoms with van der Waals surface area (Å²) >= 11 is 7.55. The molecule has 0 aromatic carbocycles. The fourth-order valence-corrected chi connectivity index (χ4v) is 1.43. The lowest BCUT2D eigenvalue weighted by Crippen LogP contribution is -1.89. The van der Waals surface area contributed by atoms with Gasteiger partial charge in [0.25, 0.3) is 0 Å². The predicted molar refractivity (Wildman–Crippen MR) is 48.8 cm³/mol. The molecule has 0 atom stereocenters. The molecule has 0 saturated heterocycles. The third-order valence-electron chi connectivity index (χ3n) is 1.01. The molecule has 0 unspecified atom stereocenters. The highest BCUT2D eigenvalue weighted by molar-refractivity contribution is 14.1. The molecule has 1 rings (SSSR count). The third kappa shape index (κ3) is 1.61. The quantitative estimate of drug-likeness (QED) is 0.517. The predicted octanol–water partition coefficient (Wildman–Crippen LogP) is 2.46. The van der Waals surface area contributed by atoms with Crippen molar-refractivity contribution in [3.05, 3.63) is 39.9 Å². The largest absolute Gasteiger partial charge is 0.230 e. The molecule has 0 aliphatic carbocycles. The molecule has 0 spiro atoms. The Morgan fingerprint density at radius 3 is 2.60 bits per heavy atom. The summed E-state index contributed by atoms with van der Waals surface area (Å²) in [6, 6.07) is 1.53. The summed E-state index contributed by atoms with van der Waals surface area (Å²) in [5, 5.41) is 0.371. The maximum Gasteiger partial charge on any atom is 0.130 e. The lowest BCUT2D eigenvalue weighted by Gasteiger charge is -2.00. The standard InChI is InChI=1S/C7H3ClIN/c1-4-3-6(8)10-7(9)5(4)2/h1-3H. The van der Waals surface area contributed by atoms with E-state index in [4.69, 9.17) is 25.4 Å². The van der Waals surface area contributed by atoms with Crippen molar-refractivity contribution in [1.82, 2.24) is 4.98 Å². The van der Waals surface area contributed by atoms with E-state index in [1.54, 1.807) is 0 Å². The Hall–Kier alpha value is 0.170. The van der Waals surface area contributed by atoms with E-state index in [1.807, 2.05) is 22.6 Å². The highest BCUT2D eigenvalue weighted by Crippen LogP contribution is 2.16. The molecular weight excluding hydrogens is 260 g/mol. The van der Waals surface area contributed by atoms with Crippen LogP contribution in [0, 0.1) is 17.5 Å². The Morgan fingerprint density at radius 2 is 2.10 bits per heavy atom. The Labute approximate surface area is 78.9 Å². The van der Waals surface area contributed by atoms with E-state index in [0.29, 0.717) is 20.0 Å². The van der Waals surface area contributed by atoms with Crippen LogP contribution < -0.4 is 0 Å². The lowest BCUT2D eigenvalue weighted by atomic mass is 10.2. The minimum atomic E-state index is 0.371. The zero-order valence-corrected chi connectivity index (χ0v) is 7.85. The summed E-state index contributed by atoms with van der Waals surface area (Å²) in [6.45, 7) is 11.0. The van der Waals surface area contributed by atoms with E-state index in [2.05, 4.69) is 4.98 Å². The van der Waals surface area contributed by atoms with E-state index in [-0.39, 0.29) is 0 Å². The van der Waals surface area contributed by atoms with Crippen molar-refractivity contribution in [2.45, 2.75) is 0 Å². The maximum atomic E-state index is 5.57. The smallest absolute Gasteiger partial charge is 0.130 e. The average molecular weight is 263 g/mol. The fourth-order valence-electron chi connectivity index (χ4n) is 0.511. The normalized spacial score (nSPS) is 10.0. The second kappa shape index (κ2) is 3.05. The minimum Gasteiger partial charge on any atom is -0.230 e. The van der Waals surface area contributed by atoms with Crippen molar-refractivity contribution in [3.63, 3.8) is 0 Å². The van der Waals surface area contributed by atoms with Gasteiger partial charge in [0.05, 0.1) is 0 Å². The van der Waals surface area contributed by atoms with Gasteiger partial charge in [-0.1, -0.05) is 11.6 Å². The van der Waals surface area contributed by atoms with Crippen LogP contribution in [0.15, 0.2) is 6.07 Å². The molecular formula is C7H3ClIN. The van der Waals surface area contributed by atoms with Gasteiger partial charge in [-0.05, 0) is 46.7 Å². The Kier molecular flexibility index (Phi) is 2.52. The summed E-state index contributed by atoms with van der Waals surface area (Å²) < 4.78 is 0.641. The highest BCUT2D eigenvalue weighted by Gasteiger charge is 2.00. The number of pyridine rings is 1. The van der Waals surface area contributed by atoms with Gasteiger partial charge in [0.15, 0.2) is 0 Å². The topological polar surface area (TPSA) is 12.9 Å². The third-order valence-corrected chi connectivity index (χ3v) is 2.03. The monoisotopic (exact) mass is 263 g/mol. The summed E-state index contributed by atoms with van der Waals surface area (Å²) in [6.07, 6.45) is 0. The average Bonchev–Trinajstić information content (AvgIpc) is 1.82. The summed E-state index contributed by atoms with van der Waals surface area (Å²) in [5.41, 5.74) is 0.967. The van der Waals surface area contributed by atoms with Crippen molar-refractivity contribution in [3.8, 4) is 0 Å². The van der Waals surface area contributed by atoms with Gasteiger partial charge in [-0.25, -0.2) is 4.98 Å². The molecule has 10 heavy (non-hydrogen) atoms. The van der Waals surface area contributed by atoms with Crippen LogP contribution in [0.4, 0.5) is 0 Å². The summed E-state index contributed by atoms with van der Waals surface area (Å²) in [4.78, 5) is 3.88. The molecule has 4 radical (unpaired) electrons. The van der Waals surface area contributed by atoms with Crippen LogP contribution in [0.5, 0.6) is 0 Å². The van der Waals surface area contributed by atoms with Crippen LogP contribution in [-0.2, 0) is 0 Å². The Morgan fingerprint density at radius 1 is 1.50 bits per heavy atom. The zero-order valence-electron chi connectivity index (χ0n) is 4.94. The maximum absolute atomic E-state index is 5.57. The van der Waals surface area contributed by atoms with Gasteiger partial charge in [0.2, 0.25) is 0 Å². The van der Waals surface area contributed by atoms with Crippen molar-refractivity contribution in [2.75, 3.05) is 0 Å². The van der Waals surface area contributed by atoms with E-state index in [9.17, 15) is 0 Å². The molecule has 0 saturated carbocycles. The molecule has 0 aliphatic heterocycles. The fraction of sp³-hybridized carbons (Fsp3) is 0. The van der Waals surface area contributed by atoms with Crippen molar-refractivity contribution >= 4 is 34.2 Å². The molecule has 0 amide bonds. The Bertz CT molecular complexity index is 237. The molecule has 0 fully saturated rings. The minimum absolute atomic E-state index is 0.371. The number of halogens is 2. The van der Waals surface area contributed by atoms with Gasteiger partial charge < -0.3 is 0 Å². The number of nitrogens with zero attached hydrogens (tertiary/aromatic N) is 1. The second-order valence-electron chi connectivity index (χ2n) is 1.74. The van der Waals surface area contributed by atoms with Crippen LogP contribution in [0.3, 0.4) is 0 Å². The Balaban J connectivity index is 3.31. The SMILES string of the molecule is [CH]c1cc(Cl)nc(I)c1[CH]. The van der Waals surface area contributed by atoms with Crippen LogP contribution in [0.1, 0.15) is 11.1 Å². The van der Waals surface area contributed by atoms with Gasteiger partial charge in [-0.3, -0.25) is 0 Å². The molecule has 0 bridgehead atoms. The van der Waals surface area contributed by atoms with Gasteiger partial charge in [-0.15, -0.1) is 0 Å². The molecule has 1 heterocycles. The molecule has 1 nitrogen and oxygen atoms in total. The zero-order chi connectivity index (χ0) is 7.72. The molecule has 50 valence electrons. The molecule has 1 aromatic heterocycles. The summed E-state index contributed by atoms with van der Waals surface area (Å²) in [5.74, 6) is 0. The van der Waals surface area contributed by atoms with Gasteiger partial charge >= 0.3 is 0 Å². The van der Waals surface area contributed by atoms with Crippen molar-refractivity contribution in [2.24, 2.45) is 0 Å². The van der Waals surface area contributed by atoms with E-state index < -0.39 is 0 Å². The summed E-state index contributed by atoms with van der Waals surface area (Å²) in [7, 11) is 0. The molecule has 0 N–H and O–H groups in total. The first kappa shape index (κ1) is 8.27. The lowest BCUT2D eigenvalue weighted by molar-refractivity contribution is 1.23. The van der Waals surface area contributed by atoms with Crippen LogP contribution in [0.2, 0.25) is 5.15 Å². The molecule has 1 aromatic rings. The van der Waals surface area contributed by atoms with Gasteiger partial charge in [-0.2, -0.15) is 0 Å². The van der Waals surface area contributed by atoms with Crippen molar-refractivity contribution in [1.29, 1.82) is 0 Å². The number of hydrogen-bond acceptors (Lipinski definition) is 1. The first-order valence-corrected chi connectivity index (χ1v) is 3.94. The van der Waals surface area contributed by atoms with Crippen LogP contribution in [-0.4, -0.2) is 4.98 Å². The molecule has 0 aliphatic rings. The van der Waals surface area contributed by atoms with Crippen LogP contribution in [0.25, 0.3) is 0 Å². The van der Waals surface area contributed by atoms with E-state index in [1.165, 1.54) is 6.07 Å². The first-order chi connectivity index (χ1) is 4.61. The number of hydrogen-bond donors (Lipinski definition) is 0. The second-order valence-corrected chi connectivity index (χ2v) is 3.15. The van der Waals surface area contributed by atoms with Crippen molar-refractivity contribution < 1.29 is 0 Å². The van der Waals surface area contributed by atoms with E-state index >= 15 is 0 Å². The van der Waals surface area contributed by atoms with Crippen LogP contribution >= 0.6 is 34.2 Å². The first-order valence-electron chi connectivity index (χ1n) is 2.48. The number of rotatable bonds is 0. The van der Waals surface area contributed by atoms with E-state index in [0.717, 1.165) is 0 Å².